The third-order valence-corrected chi connectivity index (χ3v) is 6.04. The Bertz CT molecular complexity index is 819. The molecular weight excluding hydrogens is 288 g/mol. The van der Waals surface area contributed by atoms with Crippen LogP contribution in [0.25, 0.3) is 0 Å². The van der Waals surface area contributed by atoms with Gasteiger partial charge in [0.25, 0.3) is 0 Å². The molecule has 0 bridgehead atoms. The van der Waals surface area contributed by atoms with E-state index in [1.54, 1.807) is 0 Å². The van der Waals surface area contributed by atoms with Crippen LogP contribution in [0.3, 0.4) is 0 Å². The average molecular weight is 312 g/mol. The molecule has 4 rings (SSSR count). The molecule has 0 radical (unpaired) electrons. The first-order chi connectivity index (χ1) is 11.7. The third-order valence-electron chi connectivity index (χ3n) is 6.04. The first kappa shape index (κ1) is 15.2. The van der Waals surface area contributed by atoms with Crippen LogP contribution in [0.1, 0.15) is 54.4 Å². The number of benzene rings is 3. The van der Waals surface area contributed by atoms with Gasteiger partial charge in [-0.25, -0.2) is 0 Å². The van der Waals surface area contributed by atoms with E-state index in [-0.39, 0.29) is 5.41 Å². The maximum atomic E-state index is 2.45. The fourth-order valence-corrected chi connectivity index (χ4v) is 4.47. The van der Waals surface area contributed by atoms with Crippen molar-refractivity contribution >= 4 is 0 Å². The molecule has 1 aliphatic rings. The quantitative estimate of drug-likeness (QED) is 0.533. The van der Waals surface area contributed by atoms with Crippen molar-refractivity contribution in [2.75, 3.05) is 0 Å². The predicted octanol–water partition coefficient (Wildman–Crippen LogP) is 6.28. The van der Waals surface area contributed by atoms with Gasteiger partial charge in [-0.1, -0.05) is 98.8 Å². The molecule has 0 heterocycles. The van der Waals surface area contributed by atoms with Gasteiger partial charge in [0.15, 0.2) is 0 Å². The van der Waals surface area contributed by atoms with Crippen LogP contribution in [0, 0.1) is 0 Å². The summed E-state index contributed by atoms with van der Waals surface area (Å²) in [7, 11) is 0. The summed E-state index contributed by atoms with van der Waals surface area (Å²) < 4.78 is 0. The Kier molecular flexibility index (Phi) is 3.76. The van der Waals surface area contributed by atoms with Crippen molar-refractivity contribution in [2.24, 2.45) is 0 Å². The average Bonchev–Trinajstić information content (AvgIpc) is 2.97. The van der Waals surface area contributed by atoms with E-state index in [0.717, 1.165) is 0 Å². The molecule has 3 aromatic rings. The third kappa shape index (κ3) is 2.38. The van der Waals surface area contributed by atoms with Crippen LogP contribution < -0.4 is 0 Å². The molecule has 0 aliphatic heterocycles. The van der Waals surface area contributed by atoms with Crippen molar-refractivity contribution < 1.29 is 0 Å². The zero-order valence-corrected chi connectivity index (χ0v) is 14.4. The fourth-order valence-electron chi connectivity index (χ4n) is 4.47. The Balaban J connectivity index is 1.81. The summed E-state index contributed by atoms with van der Waals surface area (Å²) in [6.07, 6.45) is 1.17. The molecule has 0 heteroatoms. The molecule has 1 aliphatic carbocycles. The molecule has 24 heavy (non-hydrogen) atoms. The summed E-state index contributed by atoms with van der Waals surface area (Å²) >= 11 is 0. The SMILES string of the molecule is C[C@H](c1ccccc1)[C@@]1(C)C[C@H](c2ccccc2)c2ccccc21. The molecule has 3 atom stereocenters. The van der Waals surface area contributed by atoms with Gasteiger partial charge >= 0.3 is 0 Å². The van der Waals surface area contributed by atoms with Gasteiger partial charge in [0, 0.05) is 11.3 Å². The summed E-state index contributed by atoms with van der Waals surface area (Å²) in [4.78, 5) is 0. The van der Waals surface area contributed by atoms with Crippen LogP contribution in [-0.4, -0.2) is 0 Å². The molecule has 0 N–H and O–H groups in total. The van der Waals surface area contributed by atoms with Gasteiger partial charge in [0.05, 0.1) is 0 Å². The maximum Gasteiger partial charge on any atom is 0.0101 e. The molecule has 0 unspecified atom stereocenters. The van der Waals surface area contributed by atoms with Gasteiger partial charge in [0.1, 0.15) is 0 Å². The van der Waals surface area contributed by atoms with Crippen molar-refractivity contribution in [3.8, 4) is 0 Å². The number of hydrogen-bond acceptors (Lipinski definition) is 0. The topological polar surface area (TPSA) is 0 Å². The number of fused-ring (bicyclic) bond motifs is 1. The van der Waals surface area contributed by atoms with Gasteiger partial charge in [-0.05, 0) is 34.6 Å². The Hall–Kier alpha value is -2.34. The van der Waals surface area contributed by atoms with Crippen molar-refractivity contribution in [3.05, 3.63) is 107 Å². The van der Waals surface area contributed by atoms with Crippen molar-refractivity contribution in [1.29, 1.82) is 0 Å². The second-order valence-corrected chi connectivity index (χ2v) is 7.30. The van der Waals surface area contributed by atoms with Gasteiger partial charge in [0.2, 0.25) is 0 Å². The summed E-state index contributed by atoms with van der Waals surface area (Å²) in [6, 6.07) is 31.0. The van der Waals surface area contributed by atoms with Gasteiger partial charge in [-0.2, -0.15) is 0 Å². The summed E-state index contributed by atoms with van der Waals surface area (Å²) in [6.45, 7) is 4.84. The van der Waals surface area contributed by atoms with E-state index in [1.807, 2.05) is 0 Å². The Labute approximate surface area is 145 Å². The Morgan fingerprint density at radius 3 is 2.08 bits per heavy atom. The van der Waals surface area contributed by atoms with Crippen LogP contribution in [-0.2, 0) is 5.41 Å². The minimum atomic E-state index is 0.165. The van der Waals surface area contributed by atoms with Crippen molar-refractivity contribution in [2.45, 2.75) is 37.5 Å². The molecule has 120 valence electrons. The van der Waals surface area contributed by atoms with E-state index in [2.05, 4.69) is 98.8 Å². The smallest absolute Gasteiger partial charge is 0.0101 e. The lowest BCUT2D eigenvalue weighted by Gasteiger charge is -2.33. The summed E-state index contributed by atoms with van der Waals surface area (Å²) in [5.74, 6) is 0.993. The van der Waals surface area contributed by atoms with Crippen LogP contribution in [0.4, 0.5) is 0 Å². The zero-order chi connectivity index (χ0) is 16.6. The number of hydrogen-bond donors (Lipinski definition) is 0. The fraction of sp³-hybridized carbons (Fsp3) is 0.250. The molecule has 0 fully saturated rings. The highest BCUT2D eigenvalue weighted by molar-refractivity contribution is 5.49. The van der Waals surface area contributed by atoms with E-state index in [0.29, 0.717) is 11.8 Å². The van der Waals surface area contributed by atoms with E-state index < -0.39 is 0 Å². The lowest BCUT2D eigenvalue weighted by atomic mass is 9.70. The molecule has 0 amide bonds. The number of rotatable bonds is 3. The molecule has 0 saturated heterocycles. The van der Waals surface area contributed by atoms with Gasteiger partial charge < -0.3 is 0 Å². The highest BCUT2D eigenvalue weighted by atomic mass is 14.5. The molecule has 3 aromatic carbocycles. The van der Waals surface area contributed by atoms with Crippen LogP contribution >= 0.6 is 0 Å². The van der Waals surface area contributed by atoms with Crippen LogP contribution in [0.2, 0.25) is 0 Å². The van der Waals surface area contributed by atoms with E-state index in [1.165, 1.54) is 28.7 Å². The van der Waals surface area contributed by atoms with Gasteiger partial charge in [-0.3, -0.25) is 0 Å². The second kappa shape index (κ2) is 5.94. The first-order valence-corrected chi connectivity index (χ1v) is 8.89. The predicted molar refractivity (Wildman–Crippen MR) is 102 cm³/mol. The lowest BCUT2D eigenvalue weighted by molar-refractivity contribution is 0.382. The lowest BCUT2D eigenvalue weighted by Crippen LogP contribution is -2.26. The molecule has 0 saturated carbocycles. The highest BCUT2D eigenvalue weighted by Gasteiger charge is 2.44. The molecular formula is C24H24. The van der Waals surface area contributed by atoms with E-state index in [4.69, 9.17) is 0 Å². The molecule has 0 aromatic heterocycles. The normalized spacial score (nSPS) is 23.7. The summed E-state index contributed by atoms with van der Waals surface area (Å²) in [5.41, 5.74) is 6.07. The Morgan fingerprint density at radius 1 is 0.792 bits per heavy atom. The van der Waals surface area contributed by atoms with Crippen LogP contribution in [0.5, 0.6) is 0 Å². The standard InChI is InChI=1S/C24H24/c1-18(19-11-5-3-6-12-19)24(2)17-22(20-13-7-4-8-14-20)21-15-9-10-16-23(21)24/h3-16,18,22H,17H2,1-2H3/t18-,22-,24-/m1/s1. The van der Waals surface area contributed by atoms with E-state index >= 15 is 0 Å². The minimum Gasteiger partial charge on any atom is -0.0622 e. The largest absolute Gasteiger partial charge is 0.0622 e. The first-order valence-electron chi connectivity index (χ1n) is 8.89. The summed E-state index contributed by atoms with van der Waals surface area (Å²) in [5, 5.41) is 0. The second-order valence-electron chi connectivity index (χ2n) is 7.30. The maximum absolute atomic E-state index is 2.45. The van der Waals surface area contributed by atoms with E-state index in [9.17, 15) is 0 Å². The Morgan fingerprint density at radius 2 is 1.38 bits per heavy atom. The van der Waals surface area contributed by atoms with Crippen LogP contribution in [0.15, 0.2) is 84.9 Å². The van der Waals surface area contributed by atoms with Gasteiger partial charge in [-0.15, -0.1) is 0 Å². The molecule has 0 nitrogen and oxygen atoms in total. The van der Waals surface area contributed by atoms with Crippen molar-refractivity contribution in [1.82, 2.24) is 0 Å². The minimum absolute atomic E-state index is 0.165. The van der Waals surface area contributed by atoms with Crippen molar-refractivity contribution in [3.63, 3.8) is 0 Å². The zero-order valence-electron chi connectivity index (χ0n) is 14.4. The monoisotopic (exact) mass is 312 g/mol. The molecule has 0 spiro atoms. The highest BCUT2D eigenvalue weighted by Crippen LogP contribution is 2.54.